The van der Waals surface area contributed by atoms with Crippen molar-refractivity contribution in [1.29, 1.82) is 0 Å². The second kappa shape index (κ2) is 5.73. The van der Waals surface area contributed by atoms with Gasteiger partial charge in [0.05, 0.1) is 6.54 Å². The zero-order chi connectivity index (χ0) is 13.8. The van der Waals surface area contributed by atoms with E-state index in [0.29, 0.717) is 26.1 Å². The summed E-state index contributed by atoms with van der Waals surface area (Å²) in [6.07, 6.45) is 4.20. The van der Waals surface area contributed by atoms with Crippen LogP contribution in [-0.4, -0.2) is 56.6 Å². The summed E-state index contributed by atoms with van der Waals surface area (Å²) in [5.74, 6) is 0.0550. The molecule has 1 aliphatic heterocycles. The molecule has 1 aliphatic rings. The molecule has 1 aromatic heterocycles. The number of carboxylic acids is 1. The third kappa shape index (κ3) is 3.24. The van der Waals surface area contributed by atoms with Crippen molar-refractivity contribution in [2.24, 2.45) is 0 Å². The van der Waals surface area contributed by atoms with Crippen LogP contribution in [0.2, 0.25) is 0 Å². The number of nitrogens with zero attached hydrogens (tertiary/aromatic N) is 4. The molecule has 2 amide bonds. The van der Waals surface area contributed by atoms with Crippen LogP contribution in [-0.2, 0) is 17.9 Å². The molecule has 104 valence electrons. The molecule has 1 aromatic rings. The minimum atomic E-state index is -0.833. The molecule has 2 heterocycles. The first-order chi connectivity index (χ1) is 9.08. The molecule has 0 aliphatic carbocycles. The number of aliphatic carboxylic acids is 1. The summed E-state index contributed by atoms with van der Waals surface area (Å²) < 4.78 is 2.04. The first-order valence-corrected chi connectivity index (χ1v) is 6.30. The fraction of sp³-hybridized carbons (Fsp3) is 0.583. The Balaban J connectivity index is 1.85. The van der Waals surface area contributed by atoms with E-state index in [9.17, 15) is 9.59 Å². The van der Waals surface area contributed by atoms with Gasteiger partial charge < -0.3 is 19.5 Å². The van der Waals surface area contributed by atoms with Crippen LogP contribution in [0.3, 0.4) is 0 Å². The molecule has 0 spiro atoms. The SMILES string of the molecule is CN(CCCC(=O)O)C(=O)N1CCn2ccnc2C1. The lowest BCUT2D eigenvalue weighted by Gasteiger charge is -2.31. The van der Waals surface area contributed by atoms with Crippen molar-refractivity contribution in [3.8, 4) is 0 Å². The lowest BCUT2D eigenvalue weighted by molar-refractivity contribution is -0.137. The van der Waals surface area contributed by atoms with Crippen LogP contribution in [0.1, 0.15) is 18.7 Å². The molecule has 7 nitrogen and oxygen atoms in total. The van der Waals surface area contributed by atoms with Gasteiger partial charge in [-0.3, -0.25) is 4.79 Å². The van der Waals surface area contributed by atoms with Crippen molar-refractivity contribution >= 4 is 12.0 Å². The van der Waals surface area contributed by atoms with Gasteiger partial charge in [-0.2, -0.15) is 0 Å². The smallest absolute Gasteiger partial charge is 0.320 e. The van der Waals surface area contributed by atoms with E-state index in [2.05, 4.69) is 4.98 Å². The number of rotatable bonds is 4. The monoisotopic (exact) mass is 266 g/mol. The van der Waals surface area contributed by atoms with E-state index in [0.717, 1.165) is 12.4 Å². The van der Waals surface area contributed by atoms with Crippen molar-refractivity contribution in [3.63, 3.8) is 0 Å². The van der Waals surface area contributed by atoms with Gasteiger partial charge >= 0.3 is 12.0 Å². The number of urea groups is 1. The maximum absolute atomic E-state index is 12.2. The lowest BCUT2D eigenvalue weighted by atomic mass is 10.3. The standard InChI is InChI=1S/C12H18N4O3/c1-14(5-2-3-11(17)18)12(19)16-8-7-15-6-4-13-10(15)9-16/h4,6H,2-3,5,7-9H2,1H3,(H,17,18). The number of carboxylic acid groups (broad SMARTS) is 1. The number of amides is 2. The molecule has 0 radical (unpaired) electrons. The van der Waals surface area contributed by atoms with Crippen molar-refractivity contribution in [3.05, 3.63) is 18.2 Å². The van der Waals surface area contributed by atoms with Gasteiger partial charge in [-0.15, -0.1) is 0 Å². The molecule has 1 N–H and O–H groups in total. The normalized spacial score (nSPS) is 14.1. The van der Waals surface area contributed by atoms with Gasteiger partial charge in [-0.1, -0.05) is 0 Å². The van der Waals surface area contributed by atoms with E-state index in [1.54, 1.807) is 23.0 Å². The van der Waals surface area contributed by atoms with Gasteiger partial charge in [-0.25, -0.2) is 9.78 Å². The minimum Gasteiger partial charge on any atom is -0.481 e. The predicted octanol–water partition coefficient (Wildman–Crippen LogP) is 0.615. The summed E-state index contributed by atoms with van der Waals surface area (Å²) >= 11 is 0. The molecular formula is C12H18N4O3. The number of aromatic nitrogens is 2. The Bertz CT molecular complexity index is 471. The second-order valence-corrected chi connectivity index (χ2v) is 4.66. The molecule has 7 heteroatoms. The predicted molar refractivity (Wildman–Crippen MR) is 67.5 cm³/mol. The highest BCUT2D eigenvalue weighted by Gasteiger charge is 2.23. The third-order valence-corrected chi connectivity index (χ3v) is 3.23. The topological polar surface area (TPSA) is 78.7 Å². The number of carbonyl (C=O) groups is 2. The number of carbonyl (C=O) groups excluding carboxylic acids is 1. The summed E-state index contributed by atoms with van der Waals surface area (Å²) in [7, 11) is 1.70. The van der Waals surface area contributed by atoms with Crippen molar-refractivity contribution in [2.75, 3.05) is 20.1 Å². The highest BCUT2D eigenvalue weighted by atomic mass is 16.4. The van der Waals surface area contributed by atoms with Crippen LogP contribution < -0.4 is 0 Å². The molecule has 19 heavy (non-hydrogen) atoms. The van der Waals surface area contributed by atoms with E-state index in [1.807, 2.05) is 10.8 Å². The Hall–Kier alpha value is -2.05. The second-order valence-electron chi connectivity index (χ2n) is 4.66. The van der Waals surface area contributed by atoms with E-state index in [4.69, 9.17) is 5.11 Å². The van der Waals surface area contributed by atoms with Crippen LogP contribution in [0.4, 0.5) is 4.79 Å². The molecule has 2 rings (SSSR count). The molecule has 0 unspecified atom stereocenters. The number of hydrogen-bond acceptors (Lipinski definition) is 3. The zero-order valence-electron chi connectivity index (χ0n) is 10.9. The molecule has 0 bridgehead atoms. The summed E-state index contributed by atoms with van der Waals surface area (Å²) in [6.45, 7) is 2.38. The van der Waals surface area contributed by atoms with Crippen molar-refractivity contribution in [1.82, 2.24) is 19.4 Å². The van der Waals surface area contributed by atoms with Crippen LogP contribution >= 0.6 is 0 Å². The van der Waals surface area contributed by atoms with Gasteiger partial charge in [0.1, 0.15) is 5.82 Å². The average molecular weight is 266 g/mol. The molecule has 0 saturated carbocycles. The molecule has 0 saturated heterocycles. The van der Waals surface area contributed by atoms with Crippen LogP contribution in [0.15, 0.2) is 12.4 Å². The fourth-order valence-electron chi connectivity index (χ4n) is 2.14. The molecule has 0 fully saturated rings. The minimum absolute atomic E-state index is 0.0698. The molecule has 0 aromatic carbocycles. The van der Waals surface area contributed by atoms with Gasteiger partial charge in [-0.05, 0) is 6.42 Å². The zero-order valence-corrected chi connectivity index (χ0v) is 10.9. The Kier molecular flexibility index (Phi) is 4.03. The molecular weight excluding hydrogens is 248 g/mol. The van der Waals surface area contributed by atoms with Gasteiger partial charge in [0.15, 0.2) is 0 Å². The van der Waals surface area contributed by atoms with E-state index in [1.165, 1.54) is 0 Å². The quantitative estimate of drug-likeness (QED) is 0.866. The highest BCUT2D eigenvalue weighted by molar-refractivity contribution is 5.74. The van der Waals surface area contributed by atoms with Crippen molar-refractivity contribution < 1.29 is 14.7 Å². The van der Waals surface area contributed by atoms with E-state index in [-0.39, 0.29) is 12.5 Å². The Morgan fingerprint density at radius 2 is 2.26 bits per heavy atom. The first-order valence-electron chi connectivity index (χ1n) is 6.30. The van der Waals surface area contributed by atoms with Gasteiger partial charge in [0.2, 0.25) is 0 Å². The first kappa shape index (κ1) is 13.4. The lowest BCUT2D eigenvalue weighted by Crippen LogP contribution is -2.45. The van der Waals surface area contributed by atoms with Crippen LogP contribution in [0.5, 0.6) is 0 Å². The fourth-order valence-corrected chi connectivity index (χ4v) is 2.14. The summed E-state index contributed by atoms with van der Waals surface area (Å²) in [5.41, 5.74) is 0. The number of imidazole rings is 1. The van der Waals surface area contributed by atoms with Crippen molar-refractivity contribution in [2.45, 2.75) is 25.9 Å². The number of hydrogen-bond donors (Lipinski definition) is 1. The molecule has 0 atom stereocenters. The van der Waals surface area contributed by atoms with Gasteiger partial charge in [0, 0.05) is 45.5 Å². The summed E-state index contributed by atoms with van der Waals surface area (Å²) in [4.78, 5) is 30.1. The van der Waals surface area contributed by atoms with E-state index >= 15 is 0 Å². The Labute approximate surface area is 111 Å². The number of fused-ring (bicyclic) bond motifs is 1. The van der Waals surface area contributed by atoms with E-state index < -0.39 is 5.97 Å². The van der Waals surface area contributed by atoms with Crippen LogP contribution in [0.25, 0.3) is 0 Å². The summed E-state index contributed by atoms with van der Waals surface area (Å²) in [5, 5.41) is 8.57. The summed E-state index contributed by atoms with van der Waals surface area (Å²) in [6, 6.07) is -0.0698. The third-order valence-electron chi connectivity index (χ3n) is 3.23. The highest BCUT2D eigenvalue weighted by Crippen LogP contribution is 2.12. The van der Waals surface area contributed by atoms with Gasteiger partial charge in [0.25, 0.3) is 0 Å². The largest absolute Gasteiger partial charge is 0.481 e. The Morgan fingerprint density at radius 1 is 1.47 bits per heavy atom. The average Bonchev–Trinajstić information content (AvgIpc) is 2.84. The van der Waals surface area contributed by atoms with Crippen LogP contribution in [0, 0.1) is 0 Å². The maximum Gasteiger partial charge on any atom is 0.320 e. The maximum atomic E-state index is 12.2. The Morgan fingerprint density at radius 3 is 3.00 bits per heavy atom.